The molecule has 1 N–H and O–H groups in total. The second kappa shape index (κ2) is 6.58. The Balaban J connectivity index is 1.73. The standard InChI is InChI=1S/C17H18N6O3/c1-2-26-17(25)12-9-20-23-7-5-14(21-15(12)23)22-6-3-4-13(22)11-8-18-10-19-16(11)24/h5,7-10,13H,2-4,6H2,1H3,(H,18,19,24). The predicted molar refractivity (Wildman–Crippen MR) is 92.0 cm³/mol. The van der Waals surface area contributed by atoms with Gasteiger partial charge in [0.2, 0.25) is 5.88 Å². The molecule has 0 radical (unpaired) electrons. The van der Waals surface area contributed by atoms with Crippen LogP contribution in [-0.2, 0) is 4.74 Å². The molecule has 1 saturated heterocycles. The van der Waals surface area contributed by atoms with Gasteiger partial charge >= 0.3 is 5.97 Å². The van der Waals surface area contributed by atoms with Crippen molar-refractivity contribution in [2.75, 3.05) is 18.1 Å². The SMILES string of the molecule is CCOC(=O)c1cnn2ccc(N3CCCC3c3cncnc3O)nc12. The van der Waals surface area contributed by atoms with E-state index in [0.717, 1.165) is 19.4 Å². The number of nitrogens with zero attached hydrogens (tertiary/aromatic N) is 6. The van der Waals surface area contributed by atoms with Crippen LogP contribution in [0.5, 0.6) is 5.88 Å². The molecule has 0 aliphatic carbocycles. The van der Waals surface area contributed by atoms with Crippen LogP contribution in [-0.4, -0.2) is 48.8 Å². The van der Waals surface area contributed by atoms with E-state index in [1.807, 2.05) is 6.07 Å². The van der Waals surface area contributed by atoms with Crippen molar-refractivity contribution < 1.29 is 14.6 Å². The Morgan fingerprint density at radius 2 is 2.31 bits per heavy atom. The largest absolute Gasteiger partial charge is 0.493 e. The van der Waals surface area contributed by atoms with Crippen LogP contribution >= 0.6 is 0 Å². The molecule has 3 aromatic heterocycles. The lowest BCUT2D eigenvalue weighted by Crippen LogP contribution is -2.24. The monoisotopic (exact) mass is 354 g/mol. The van der Waals surface area contributed by atoms with Crippen LogP contribution < -0.4 is 4.90 Å². The molecule has 9 nitrogen and oxygen atoms in total. The van der Waals surface area contributed by atoms with E-state index in [4.69, 9.17) is 4.74 Å². The summed E-state index contributed by atoms with van der Waals surface area (Å²) < 4.78 is 6.62. The average molecular weight is 354 g/mol. The number of aromatic hydroxyl groups is 1. The van der Waals surface area contributed by atoms with Crippen LogP contribution in [0.15, 0.2) is 31.0 Å². The van der Waals surface area contributed by atoms with Gasteiger partial charge in [0, 0.05) is 18.9 Å². The molecule has 1 fully saturated rings. The van der Waals surface area contributed by atoms with Crippen molar-refractivity contribution in [3.05, 3.63) is 42.1 Å². The van der Waals surface area contributed by atoms with Crippen molar-refractivity contribution >= 4 is 17.4 Å². The Morgan fingerprint density at radius 3 is 3.12 bits per heavy atom. The van der Waals surface area contributed by atoms with Crippen molar-refractivity contribution in [2.24, 2.45) is 0 Å². The van der Waals surface area contributed by atoms with Crippen LogP contribution in [0, 0.1) is 0 Å². The topological polar surface area (TPSA) is 106 Å². The number of rotatable bonds is 4. The van der Waals surface area contributed by atoms with E-state index in [2.05, 4.69) is 25.0 Å². The molecular formula is C17H18N6O3. The molecule has 1 aliphatic rings. The molecule has 4 heterocycles. The zero-order chi connectivity index (χ0) is 18.1. The summed E-state index contributed by atoms with van der Waals surface area (Å²) in [5.74, 6) is 0.239. The summed E-state index contributed by atoms with van der Waals surface area (Å²) in [5, 5.41) is 14.2. The fourth-order valence-corrected chi connectivity index (χ4v) is 3.31. The maximum absolute atomic E-state index is 12.1. The zero-order valence-electron chi connectivity index (χ0n) is 14.2. The molecule has 134 valence electrons. The minimum absolute atomic E-state index is 0.0189. The van der Waals surface area contributed by atoms with Gasteiger partial charge in [-0.1, -0.05) is 0 Å². The summed E-state index contributed by atoms with van der Waals surface area (Å²) in [5.41, 5.74) is 1.45. The van der Waals surface area contributed by atoms with Gasteiger partial charge in [-0.3, -0.25) is 0 Å². The molecule has 1 atom stereocenters. The summed E-state index contributed by atoms with van der Waals surface area (Å²) >= 11 is 0. The number of fused-ring (bicyclic) bond motifs is 1. The van der Waals surface area contributed by atoms with E-state index < -0.39 is 5.97 Å². The minimum atomic E-state index is -0.445. The van der Waals surface area contributed by atoms with Gasteiger partial charge in [-0.05, 0) is 25.8 Å². The molecule has 0 spiro atoms. The van der Waals surface area contributed by atoms with Crippen LogP contribution in [0.3, 0.4) is 0 Å². The number of carbonyl (C=O) groups excluding carboxylic acids is 1. The third-order valence-corrected chi connectivity index (χ3v) is 4.47. The van der Waals surface area contributed by atoms with E-state index in [9.17, 15) is 9.90 Å². The first kappa shape index (κ1) is 16.2. The molecular weight excluding hydrogens is 336 g/mol. The highest BCUT2D eigenvalue weighted by Crippen LogP contribution is 2.37. The molecule has 0 amide bonds. The van der Waals surface area contributed by atoms with Crippen LogP contribution in [0.1, 0.15) is 41.7 Å². The van der Waals surface area contributed by atoms with Gasteiger partial charge in [0.05, 0.1) is 24.4 Å². The summed E-state index contributed by atoms with van der Waals surface area (Å²) in [7, 11) is 0. The normalized spacial score (nSPS) is 17.0. The highest BCUT2D eigenvalue weighted by Gasteiger charge is 2.30. The van der Waals surface area contributed by atoms with Gasteiger partial charge in [0.15, 0.2) is 5.65 Å². The third-order valence-electron chi connectivity index (χ3n) is 4.47. The summed E-state index contributed by atoms with van der Waals surface area (Å²) in [6, 6.07) is 1.77. The second-order valence-corrected chi connectivity index (χ2v) is 5.99. The Bertz CT molecular complexity index is 957. The van der Waals surface area contributed by atoms with Crippen LogP contribution in [0.4, 0.5) is 5.82 Å². The summed E-state index contributed by atoms with van der Waals surface area (Å²) in [4.78, 5) is 26.7. The van der Waals surface area contributed by atoms with Gasteiger partial charge in [-0.15, -0.1) is 0 Å². The van der Waals surface area contributed by atoms with E-state index >= 15 is 0 Å². The highest BCUT2D eigenvalue weighted by atomic mass is 16.5. The van der Waals surface area contributed by atoms with Crippen molar-refractivity contribution in [3.63, 3.8) is 0 Å². The molecule has 1 aliphatic heterocycles. The Kier molecular flexibility index (Phi) is 4.11. The van der Waals surface area contributed by atoms with Crippen molar-refractivity contribution in [2.45, 2.75) is 25.8 Å². The lowest BCUT2D eigenvalue weighted by molar-refractivity contribution is 0.0528. The average Bonchev–Trinajstić information content (AvgIpc) is 3.28. The first-order valence-electron chi connectivity index (χ1n) is 8.46. The molecule has 1 unspecified atom stereocenters. The number of hydrogen-bond donors (Lipinski definition) is 1. The second-order valence-electron chi connectivity index (χ2n) is 5.99. The number of esters is 1. The fourth-order valence-electron chi connectivity index (χ4n) is 3.31. The quantitative estimate of drug-likeness (QED) is 0.706. The fraction of sp³-hybridized carbons (Fsp3) is 0.353. The molecule has 0 bridgehead atoms. The van der Waals surface area contributed by atoms with E-state index in [1.165, 1.54) is 12.5 Å². The lowest BCUT2D eigenvalue weighted by atomic mass is 10.1. The predicted octanol–water partition coefficient (Wildman–Crippen LogP) is 1.74. The zero-order valence-corrected chi connectivity index (χ0v) is 14.2. The third kappa shape index (κ3) is 2.71. The van der Waals surface area contributed by atoms with Gasteiger partial charge < -0.3 is 14.7 Å². The number of ether oxygens (including phenoxy) is 1. The van der Waals surface area contributed by atoms with Crippen molar-refractivity contribution in [3.8, 4) is 5.88 Å². The molecule has 0 saturated carbocycles. The number of hydrogen-bond acceptors (Lipinski definition) is 8. The smallest absolute Gasteiger partial charge is 0.343 e. The molecule has 9 heteroatoms. The number of aromatic nitrogens is 5. The number of anilines is 1. The van der Waals surface area contributed by atoms with Gasteiger partial charge in [-0.25, -0.2) is 24.3 Å². The van der Waals surface area contributed by atoms with Crippen LogP contribution in [0.2, 0.25) is 0 Å². The molecule has 4 rings (SSSR count). The molecule has 26 heavy (non-hydrogen) atoms. The summed E-state index contributed by atoms with van der Waals surface area (Å²) in [6.07, 6.45) is 7.99. The maximum Gasteiger partial charge on any atom is 0.343 e. The minimum Gasteiger partial charge on any atom is -0.493 e. The van der Waals surface area contributed by atoms with E-state index in [-0.39, 0.29) is 18.5 Å². The Morgan fingerprint density at radius 1 is 1.42 bits per heavy atom. The first-order chi connectivity index (χ1) is 12.7. The number of carbonyl (C=O) groups is 1. The van der Waals surface area contributed by atoms with Gasteiger partial charge in [0.1, 0.15) is 17.7 Å². The Labute approximate surface area is 149 Å². The van der Waals surface area contributed by atoms with Crippen molar-refractivity contribution in [1.29, 1.82) is 0 Å². The van der Waals surface area contributed by atoms with Crippen LogP contribution in [0.25, 0.3) is 5.65 Å². The Hall–Kier alpha value is -3.23. The van der Waals surface area contributed by atoms with Crippen molar-refractivity contribution in [1.82, 2.24) is 24.6 Å². The summed E-state index contributed by atoms with van der Waals surface area (Å²) in [6.45, 7) is 2.83. The highest BCUT2D eigenvalue weighted by molar-refractivity contribution is 5.95. The first-order valence-corrected chi connectivity index (χ1v) is 8.46. The van der Waals surface area contributed by atoms with E-state index in [1.54, 1.807) is 23.8 Å². The maximum atomic E-state index is 12.1. The van der Waals surface area contributed by atoms with Gasteiger partial charge in [-0.2, -0.15) is 5.10 Å². The molecule has 0 aromatic carbocycles. The van der Waals surface area contributed by atoms with Gasteiger partial charge in [0.25, 0.3) is 0 Å². The lowest BCUT2D eigenvalue weighted by Gasteiger charge is -2.26. The molecule has 3 aromatic rings. The van der Waals surface area contributed by atoms with E-state index in [0.29, 0.717) is 22.6 Å².